The van der Waals surface area contributed by atoms with Crippen LogP contribution in [-0.4, -0.2) is 29.0 Å². The Morgan fingerprint density at radius 2 is 1.95 bits per heavy atom. The number of anilines is 1. The average molecular weight is 276 g/mol. The Hall–Kier alpha value is -1.16. The van der Waals surface area contributed by atoms with Gasteiger partial charge in [0.25, 0.3) is 5.91 Å². The van der Waals surface area contributed by atoms with Gasteiger partial charge in [0.1, 0.15) is 0 Å². The van der Waals surface area contributed by atoms with Gasteiger partial charge in [-0.15, -0.1) is 0 Å². The molecule has 0 radical (unpaired) electrons. The molecule has 102 valence electrons. The molecule has 2 atom stereocenters. The fourth-order valence-electron chi connectivity index (χ4n) is 2.37. The standard InChI is InChI=1S/C15H20N2OS/c1-10-8-14(9-19-10)16-12-4-2-11(3-5-12)15(18)17-13-6-7-13/h2-5,10,13-14,16H,6-9H2,1H3,(H,17,18). The van der Waals surface area contributed by atoms with Crippen LogP contribution in [0.25, 0.3) is 0 Å². The van der Waals surface area contributed by atoms with Crippen LogP contribution in [0, 0.1) is 0 Å². The van der Waals surface area contributed by atoms with Gasteiger partial charge < -0.3 is 10.6 Å². The second-order valence-corrected chi connectivity index (χ2v) is 7.02. The zero-order valence-corrected chi connectivity index (χ0v) is 12.0. The van der Waals surface area contributed by atoms with Crippen LogP contribution in [0.1, 0.15) is 36.5 Å². The van der Waals surface area contributed by atoms with E-state index in [0.29, 0.717) is 12.1 Å². The molecule has 2 N–H and O–H groups in total. The molecule has 0 bridgehead atoms. The minimum Gasteiger partial charge on any atom is -0.381 e. The van der Waals surface area contributed by atoms with Gasteiger partial charge in [-0.25, -0.2) is 0 Å². The first-order valence-corrected chi connectivity index (χ1v) is 8.04. The fourth-order valence-corrected chi connectivity index (χ4v) is 3.52. The van der Waals surface area contributed by atoms with Crippen molar-refractivity contribution in [2.45, 2.75) is 43.5 Å². The predicted octanol–water partition coefficient (Wildman–Crippen LogP) is 2.88. The molecule has 2 fully saturated rings. The molecule has 1 saturated heterocycles. The predicted molar refractivity (Wildman–Crippen MR) is 80.9 cm³/mol. The normalized spacial score (nSPS) is 26.2. The molecule has 19 heavy (non-hydrogen) atoms. The van der Waals surface area contributed by atoms with Crippen LogP contribution in [0.2, 0.25) is 0 Å². The van der Waals surface area contributed by atoms with E-state index >= 15 is 0 Å². The average Bonchev–Trinajstić information content (AvgIpc) is 3.12. The van der Waals surface area contributed by atoms with E-state index in [0.717, 1.165) is 29.3 Å². The molecule has 1 aromatic carbocycles. The van der Waals surface area contributed by atoms with Gasteiger partial charge in [-0.3, -0.25) is 4.79 Å². The number of benzene rings is 1. The van der Waals surface area contributed by atoms with Gasteiger partial charge in [-0.05, 0) is 43.5 Å². The minimum atomic E-state index is 0.0547. The molecule has 3 rings (SSSR count). The monoisotopic (exact) mass is 276 g/mol. The van der Waals surface area contributed by atoms with Gasteiger partial charge in [0, 0.05) is 34.3 Å². The highest BCUT2D eigenvalue weighted by molar-refractivity contribution is 8.00. The van der Waals surface area contributed by atoms with Gasteiger partial charge in [0.05, 0.1) is 0 Å². The molecule has 1 aromatic rings. The van der Waals surface area contributed by atoms with E-state index in [1.54, 1.807) is 0 Å². The first-order chi connectivity index (χ1) is 9.20. The van der Waals surface area contributed by atoms with Gasteiger partial charge in [-0.1, -0.05) is 6.92 Å². The summed E-state index contributed by atoms with van der Waals surface area (Å²) < 4.78 is 0. The molecule has 2 unspecified atom stereocenters. The number of carbonyl (C=O) groups excluding carboxylic acids is 1. The quantitative estimate of drug-likeness (QED) is 0.888. The second-order valence-electron chi connectivity index (χ2n) is 5.55. The van der Waals surface area contributed by atoms with Crippen molar-refractivity contribution in [3.05, 3.63) is 29.8 Å². The van der Waals surface area contributed by atoms with Crippen LogP contribution in [0.3, 0.4) is 0 Å². The Kier molecular flexibility index (Phi) is 3.69. The molecule has 0 aromatic heterocycles. The Morgan fingerprint density at radius 1 is 1.21 bits per heavy atom. The smallest absolute Gasteiger partial charge is 0.251 e. The number of amides is 1. The van der Waals surface area contributed by atoms with Crippen molar-refractivity contribution < 1.29 is 4.79 Å². The van der Waals surface area contributed by atoms with Crippen LogP contribution in [0.5, 0.6) is 0 Å². The van der Waals surface area contributed by atoms with Gasteiger partial charge in [0.2, 0.25) is 0 Å². The lowest BCUT2D eigenvalue weighted by Gasteiger charge is -2.13. The van der Waals surface area contributed by atoms with E-state index in [-0.39, 0.29) is 5.91 Å². The zero-order chi connectivity index (χ0) is 13.2. The molecule has 1 amide bonds. The Balaban J connectivity index is 1.57. The van der Waals surface area contributed by atoms with Crippen molar-refractivity contribution in [1.29, 1.82) is 0 Å². The van der Waals surface area contributed by atoms with Crippen LogP contribution >= 0.6 is 11.8 Å². The fraction of sp³-hybridized carbons (Fsp3) is 0.533. The molecule has 2 aliphatic rings. The van der Waals surface area contributed by atoms with Crippen molar-refractivity contribution in [2.75, 3.05) is 11.1 Å². The molecular weight excluding hydrogens is 256 g/mol. The Labute approximate surface area is 118 Å². The van der Waals surface area contributed by atoms with Crippen molar-refractivity contribution in [2.24, 2.45) is 0 Å². The van der Waals surface area contributed by atoms with Crippen LogP contribution in [0.4, 0.5) is 5.69 Å². The van der Waals surface area contributed by atoms with E-state index in [1.165, 1.54) is 12.2 Å². The summed E-state index contributed by atoms with van der Waals surface area (Å²) in [7, 11) is 0. The SMILES string of the molecule is CC1CC(Nc2ccc(C(=O)NC3CC3)cc2)CS1. The van der Waals surface area contributed by atoms with Crippen molar-refractivity contribution in [3.63, 3.8) is 0 Å². The first-order valence-electron chi connectivity index (χ1n) is 7.00. The zero-order valence-electron chi connectivity index (χ0n) is 11.2. The first kappa shape index (κ1) is 12.9. The molecular formula is C15H20N2OS. The van der Waals surface area contributed by atoms with E-state index < -0.39 is 0 Å². The van der Waals surface area contributed by atoms with Gasteiger partial charge in [0.15, 0.2) is 0 Å². The molecule has 1 saturated carbocycles. The van der Waals surface area contributed by atoms with Crippen LogP contribution in [0.15, 0.2) is 24.3 Å². The van der Waals surface area contributed by atoms with Crippen molar-refractivity contribution in [3.8, 4) is 0 Å². The molecule has 4 heteroatoms. The summed E-state index contributed by atoms with van der Waals surface area (Å²) in [6, 6.07) is 8.82. The summed E-state index contributed by atoms with van der Waals surface area (Å²) in [6.45, 7) is 2.28. The number of rotatable bonds is 4. The summed E-state index contributed by atoms with van der Waals surface area (Å²) in [5, 5.41) is 7.29. The Bertz CT molecular complexity index is 456. The second kappa shape index (κ2) is 5.45. The molecule has 0 spiro atoms. The third-order valence-corrected chi connectivity index (χ3v) is 4.99. The summed E-state index contributed by atoms with van der Waals surface area (Å²) in [5.41, 5.74) is 1.87. The number of hydrogen-bond acceptors (Lipinski definition) is 3. The Morgan fingerprint density at radius 3 is 2.53 bits per heavy atom. The van der Waals surface area contributed by atoms with E-state index in [4.69, 9.17) is 0 Å². The van der Waals surface area contributed by atoms with Crippen LogP contribution < -0.4 is 10.6 Å². The highest BCUT2D eigenvalue weighted by Crippen LogP contribution is 2.28. The molecule has 3 nitrogen and oxygen atoms in total. The summed E-state index contributed by atoms with van der Waals surface area (Å²) in [6.07, 6.45) is 3.47. The van der Waals surface area contributed by atoms with Gasteiger partial charge in [-0.2, -0.15) is 11.8 Å². The van der Waals surface area contributed by atoms with Gasteiger partial charge >= 0.3 is 0 Å². The molecule has 1 heterocycles. The summed E-state index contributed by atoms with van der Waals surface area (Å²) >= 11 is 2.02. The summed E-state index contributed by atoms with van der Waals surface area (Å²) in [4.78, 5) is 11.9. The van der Waals surface area contributed by atoms with Crippen LogP contribution in [-0.2, 0) is 0 Å². The number of nitrogens with one attached hydrogen (secondary N) is 2. The van der Waals surface area contributed by atoms with Crippen molar-refractivity contribution in [1.82, 2.24) is 5.32 Å². The molecule has 1 aliphatic heterocycles. The number of hydrogen-bond donors (Lipinski definition) is 2. The lowest BCUT2D eigenvalue weighted by molar-refractivity contribution is 0.0951. The third-order valence-electron chi connectivity index (χ3n) is 3.63. The topological polar surface area (TPSA) is 41.1 Å². The lowest BCUT2D eigenvalue weighted by atomic mass is 10.1. The lowest BCUT2D eigenvalue weighted by Crippen LogP contribution is -2.25. The summed E-state index contributed by atoms with van der Waals surface area (Å²) in [5.74, 6) is 1.23. The highest BCUT2D eigenvalue weighted by Gasteiger charge is 2.24. The maximum atomic E-state index is 11.9. The maximum absolute atomic E-state index is 11.9. The van der Waals surface area contributed by atoms with E-state index in [9.17, 15) is 4.79 Å². The maximum Gasteiger partial charge on any atom is 0.251 e. The largest absolute Gasteiger partial charge is 0.381 e. The number of carbonyl (C=O) groups is 1. The minimum absolute atomic E-state index is 0.0547. The third kappa shape index (κ3) is 3.44. The van der Waals surface area contributed by atoms with Crippen molar-refractivity contribution >= 4 is 23.4 Å². The van der Waals surface area contributed by atoms with E-state index in [1.807, 2.05) is 36.0 Å². The van der Waals surface area contributed by atoms with E-state index in [2.05, 4.69) is 17.6 Å². The number of thioether (sulfide) groups is 1. The molecule has 1 aliphatic carbocycles. The highest BCUT2D eigenvalue weighted by atomic mass is 32.2.